The molecule has 112 valence electrons. The van der Waals surface area contributed by atoms with Gasteiger partial charge < -0.3 is 18.3 Å². The fourth-order valence-electron chi connectivity index (χ4n) is 2.02. The number of aryl methyl sites for hydroxylation is 1. The van der Waals surface area contributed by atoms with E-state index in [0.717, 1.165) is 10.9 Å². The van der Waals surface area contributed by atoms with Crippen LogP contribution in [0.3, 0.4) is 0 Å². The summed E-state index contributed by atoms with van der Waals surface area (Å²) < 4.78 is 20.1. The first-order valence-corrected chi connectivity index (χ1v) is 6.53. The summed E-state index contributed by atoms with van der Waals surface area (Å²) in [6.45, 7) is 1.78. The Morgan fingerprint density at radius 3 is 2.86 bits per heavy atom. The van der Waals surface area contributed by atoms with Gasteiger partial charge in [0.1, 0.15) is 17.1 Å². The van der Waals surface area contributed by atoms with Crippen LogP contribution in [0.15, 0.2) is 56.3 Å². The molecule has 0 saturated carbocycles. The molecule has 3 aromatic rings. The van der Waals surface area contributed by atoms with Gasteiger partial charge in [0.15, 0.2) is 6.61 Å². The van der Waals surface area contributed by atoms with E-state index in [1.165, 1.54) is 18.4 Å². The van der Waals surface area contributed by atoms with Crippen molar-refractivity contribution >= 4 is 17.1 Å². The highest BCUT2D eigenvalue weighted by atomic mass is 16.7. The van der Waals surface area contributed by atoms with Crippen LogP contribution in [-0.4, -0.2) is 6.16 Å². The van der Waals surface area contributed by atoms with E-state index in [9.17, 15) is 9.59 Å². The monoisotopic (exact) mass is 300 g/mol. The number of fused-ring (bicyclic) bond motifs is 1. The molecule has 0 aliphatic heterocycles. The van der Waals surface area contributed by atoms with Gasteiger partial charge in [0.05, 0.1) is 6.26 Å². The fourth-order valence-corrected chi connectivity index (χ4v) is 2.02. The van der Waals surface area contributed by atoms with E-state index in [0.29, 0.717) is 11.3 Å². The molecule has 6 heteroatoms. The van der Waals surface area contributed by atoms with Crippen LogP contribution in [0.1, 0.15) is 11.3 Å². The zero-order valence-corrected chi connectivity index (χ0v) is 11.7. The van der Waals surface area contributed by atoms with Crippen molar-refractivity contribution in [1.29, 1.82) is 0 Å². The number of hydrogen-bond donors (Lipinski definition) is 0. The highest BCUT2D eigenvalue weighted by molar-refractivity contribution is 5.81. The summed E-state index contributed by atoms with van der Waals surface area (Å²) in [5, 5.41) is 0.774. The first kappa shape index (κ1) is 13.9. The highest BCUT2D eigenvalue weighted by Crippen LogP contribution is 2.22. The molecule has 3 rings (SSSR count). The molecule has 0 aliphatic carbocycles. The van der Waals surface area contributed by atoms with E-state index in [1.54, 1.807) is 31.2 Å². The number of ether oxygens (including phenoxy) is 2. The molecule has 1 aromatic carbocycles. The molecule has 0 radical (unpaired) electrons. The highest BCUT2D eigenvalue weighted by Gasteiger charge is 2.10. The summed E-state index contributed by atoms with van der Waals surface area (Å²) >= 11 is 0. The molecule has 0 saturated heterocycles. The maximum Gasteiger partial charge on any atom is 0.514 e. The van der Waals surface area contributed by atoms with Crippen LogP contribution in [0.5, 0.6) is 5.75 Å². The van der Waals surface area contributed by atoms with Gasteiger partial charge in [0.25, 0.3) is 0 Å². The summed E-state index contributed by atoms with van der Waals surface area (Å²) in [4.78, 5) is 23.0. The molecule has 2 aromatic heterocycles. The molecule has 2 heterocycles. The quantitative estimate of drug-likeness (QED) is 0.419. The Balaban J connectivity index is 1.73. The number of carbonyl (C=O) groups excluding carboxylic acids is 1. The Hall–Kier alpha value is -3.02. The molecule has 0 spiro atoms. The van der Waals surface area contributed by atoms with Crippen molar-refractivity contribution in [1.82, 2.24) is 0 Å². The predicted molar refractivity (Wildman–Crippen MR) is 76.7 cm³/mol. The third-order valence-electron chi connectivity index (χ3n) is 3.04. The number of benzene rings is 1. The normalized spacial score (nSPS) is 10.6. The lowest BCUT2D eigenvalue weighted by Crippen LogP contribution is -2.10. The Bertz CT molecular complexity index is 860. The SMILES string of the molecule is Cc1cc(=O)oc2cc(OC(=O)OCc3ccco3)ccc12. The van der Waals surface area contributed by atoms with E-state index in [2.05, 4.69) is 0 Å². The molecule has 0 amide bonds. The van der Waals surface area contributed by atoms with Gasteiger partial charge >= 0.3 is 11.8 Å². The van der Waals surface area contributed by atoms with Crippen molar-refractivity contribution in [2.45, 2.75) is 13.5 Å². The van der Waals surface area contributed by atoms with E-state index in [4.69, 9.17) is 18.3 Å². The Morgan fingerprint density at radius 1 is 1.23 bits per heavy atom. The average Bonchev–Trinajstić information content (AvgIpc) is 2.98. The third-order valence-corrected chi connectivity index (χ3v) is 3.04. The summed E-state index contributed by atoms with van der Waals surface area (Å²) in [5.41, 5.74) is 0.682. The maximum absolute atomic E-state index is 11.6. The van der Waals surface area contributed by atoms with Crippen molar-refractivity contribution in [3.8, 4) is 5.75 Å². The van der Waals surface area contributed by atoms with Crippen LogP contribution in [0, 0.1) is 6.92 Å². The van der Waals surface area contributed by atoms with Crippen LogP contribution in [0.2, 0.25) is 0 Å². The van der Waals surface area contributed by atoms with Crippen molar-refractivity contribution in [3.63, 3.8) is 0 Å². The van der Waals surface area contributed by atoms with Gasteiger partial charge in [0, 0.05) is 17.5 Å². The number of carbonyl (C=O) groups is 1. The minimum atomic E-state index is -0.870. The standard InChI is InChI=1S/C16H12O6/c1-10-7-15(17)22-14-8-11(4-5-13(10)14)21-16(18)20-9-12-3-2-6-19-12/h2-8H,9H2,1H3. The van der Waals surface area contributed by atoms with Crippen LogP contribution in [-0.2, 0) is 11.3 Å². The van der Waals surface area contributed by atoms with Gasteiger partial charge in [-0.25, -0.2) is 9.59 Å². The van der Waals surface area contributed by atoms with Crippen LogP contribution in [0.25, 0.3) is 11.0 Å². The van der Waals surface area contributed by atoms with Gasteiger partial charge in [-0.2, -0.15) is 0 Å². The summed E-state index contributed by atoms with van der Waals surface area (Å²) in [6.07, 6.45) is 0.614. The van der Waals surface area contributed by atoms with E-state index in [1.807, 2.05) is 0 Å². The molecular weight excluding hydrogens is 288 g/mol. The Kier molecular flexibility index (Phi) is 3.65. The minimum Gasteiger partial charge on any atom is -0.466 e. The molecule has 0 unspecified atom stereocenters. The number of furan rings is 1. The van der Waals surface area contributed by atoms with Gasteiger partial charge in [-0.15, -0.1) is 0 Å². The van der Waals surface area contributed by atoms with E-state index in [-0.39, 0.29) is 12.4 Å². The topological polar surface area (TPSA) is 78.9 Å². The van der Waals surface area contributed by atoms with E-state index < -0.39 is 11.8 Å². The zero-order valence-electron chi connectivity index (χ0n) is 11.7. The first-order valence-electron chi connectivity index (χ1n) is 6.53. The number of hydrogen-bond acceptors (Lipinski definition) is 6. The maximum atomic E-state index is 11.6. The number of rotatable bonds is 3. The van der Waals surface area contributed by atoms with Crippen molar-refractivity contribution in [2.24, 2.45) is 0 Å². The van der Waals surface area contributed by atoms with Crippen molar-refractivity contribution in [2.75, 3.05) is 0 Å². The largest absolute Gasteiger partial charge is 0.514 e. The molecule has 0 atom stereocenters. The van der Waals surface area contributed by atoms with Gasteiger partial charge in [0.2, 0.25) is 0 Å². The van der Waals surface area contributed by atoms with Gasteiger partial charge in [-0.3, -0.25) is 0 Å². The molecule has 0 fully saturated rings. The molecule has 22 heavy (non-hydrogen) atoms. The summed E-state index contributed by atoms with van der Waals surface area (Å²) in [6, 6.07) is 9.56. The van der Waals surface area contributed by atoms with Crippen LogP contribution < -0.4 is 10.4 Å². The molecule has 0 N–H and O–H groups in total. The fraction of sp³-hybridized carbons (Fsp3) is 0.125. The molecular formula is C16H12O6. The van der Waals surface area contributed by atoms with Gasteiger partial charge in [-0.05, 0) is 36.8 Å². The van der Waals surface area contributed by atoms with Crippen molar-refractivity contribution < 1.29 is 23.1 Å². The zero-order chi connectivity index (χ0) is 15.5. The molecule has 0 aliphatic rings. The van der Waals surface area contributed by atoms with Crippen molar-refractivity contribution in [3.05, 3.63) is 64.4 Å². The predicted octanol–water partition coefficient (Wildman–Crippen LogP) is 3.41. The summed E-state index contributed by atoms with van der Waals surface area (Å²) in [7, 11) is 0. The first-order chi connectivity index (χ1) is 10.6. The summed E-state index contributed by atoms with van der Waals surface area (Å²) in [5.74, 6) is 0.739. The lowest BCUT2D eigenvalue weighted by Gasteiger charge is -2.06. The second kappa shape index (κ2) is 5.77. The smallest absolute Gasteiger partial charge is 0.466 e. The Morgan fingerprint density at radius 2 is 2.09 bits per heavy atom. The third kappa shape index (κ3) is 3.01. The second-order valence-electron chi connectivity index (χ2n) is 4.63. The van der Waals surface area contributed by atoms with Crippen LogP contribution in [0.4, 0.5) is 4.79 Å². The molecule has 6 nitrogen and oxygen atoms in total. The van der Waals surface area contributed by atoms with E-state index >= 15 is 0 Å². The molecule has 0 bridgehead atoms. The lowest BCUT2D eigenvalue weighted by molar-refractivity contribution is 0.0864. The van der Waals surface area contributed by atoms with Gasteiger partial charge in [-0.1, -0.05) is 0 Å². The van der Waals surface area contributed by atoms with Crippen LogP contribution >= 0.6 is 0 Å². The second-order valence-corrected chi connectivity index (χ2v) is 4.63. The minimum absolute atomic E-state index is 0.0202. The Labute approximate surface area is 124 Å². The average molecular weight is 300 g/mol. The lowest BCUT2D eigenvalue weighted by atomic mass is 10.1.